The van der Waals surface area contributed by atoms with Crippen LogP contribution in [-0.4, -0.2) is 4.92 Å². The zero-order valence-corrected chi connectivity index (χ0v) is 12.2. The SMILES string of the molecule is O=[N+]([O-])c1ccc(Cl)c(-c2c(Cl)cc(Cl)cc2Cl)c1. The molecule has 3 nitrogen and oxygen atoms in total. The van der Waals surface area contributed by atoms with Gasteiger partial charge >= 0.3 is 0 Å². The van der Waals surface area contributed by atoms with E-state index in [0.29, 0.717) is 21.2 Å². The van der Waals surface area contributed by atoms with E-state index >= 15 is 0 Å². The highest BCUT2D eigenvalue weighted by Crippen LogP contribution is 2.41. The van der Waals surface area contributed by atoms with Crippen molar-refractivity contribution >= 4 is 52.1 Å². The van der Waals surface area contributed by atoms with Gasteiger partial charge in [0.25, 0.3) is 5.69 Å². The normalized spacial score (nSPS) is 10.5. The largest absolute Gasteiger partial charge is 0.270 e. The minimum atomic E-state index is -0.516. The topological polar surface area (TPSA) is 43.1 Å². The van der Waals surface area contributed by atoms with Crippen molar-refractivity contribution in [3.63, 3.8) is 0 Å². The molecule has 0 bridgehead atoms. The molecule has 0 aromatic heterocycles. The Morgan fingerprint density at radius 3 is 2.00 bits per heavy atom. The summed E-state index contributed by atoms with van der Waals surface area (Å²) < 4.78 is 0. The summed E-state index contributed by atoms with van der Waals surface area (Å²) in [6.07, 6.45) is 0. The number of non-ortho nitro benzene ring substituents is 1. The molecule has 0 saturated heterocycles. The van der Waals surface area contributed by atoms with Gasteiger partial charge in [-0.25, -0.2) is 0 Å². The Labute approximate surface area is 128 Å². The first kappa shape index (κ1) is 14.4. The third kappa shape index (κ3) is 2.95. The molecule has 0 saturated carbocycles. The minimum absolute atomic E-state index is 0.0958. The quantitative estimate of drug-likeness (QED) is 0.508. The molecule has 0 aliphatic heterocycles. The van der Waals surface area contributed by atoms with Crippen LogP contribution in [0.4, 0.5) is 5.69 Å². The number of halogens is 4. The van der Waals surface area contributed by atoms with Crippen molar-refractivity contribution in [2.75, 3.05) is 0 Å². The highest BCUT2D eigenvalue weighted by Gasteiger charge is 2.17. The molecule has 0 atom stereocenters. The molecule has 7 heteroatoms. The van der Waals surface area contributed by atoms with Crippen LogP contribution in [0.1, 0.15) is 0 Å². The van der Waals surface area contributed by atoms with E-state index in [-0.39, 0.29) is 15.7 Å². The summed E-state index contributed by atoms with van der Waals surface area (Å²) in [5, 5.41) is 12.0. The Morgan fingerprint density at radius 2 is 1.47 bits per heavy atom. The van der Waals surface area contributed by atoms with E-state index in [2.05, 4.69) is 0 Å². The van der Waals surface area contributed by atoms with Crippen LogP contribution in [0.15, 0.2) is 30.3 Å². The van der Waals surface area contributed by atoms with Crippen LogP contribution in [-0.2, 0) is 0 Å². The van der Waals surface area contributed by atoms with E-state index in [1.54, 1.807) is 0 Å². The van der Waals surface area contributed by atoms with Crippen molar-refractivity contribution in [2.24, 2.45) is 0 Å². The van der Waals surface area contributed by atoms with Crippen molar-refractivity contribution in [1.29, 1.82) is 0 Å². The van der Waals surface area contributed by atoms with Gasteiger partial charge in [-0.15, -0.1) is 0 Å². The lowest BCUT2D eigenvalue weighted by molar-refractivity contribution is -0.384. The standard InChI is InChI=1S/C12H5Cl4NO2/c13-6-3-10(15)12(11(16)4-6)8-5-7(17(18)19)1-2-9(8)14/h1-5H. The predicted octanol–water partition coefficient (Wildman–Crippen LogP) is 5.88. The van der Waals surface area contributed by atoms with E-state index in [4.69, 9.17) is 46.4 Å². The van der Waals surface area contributed by atoms with Crippen LogP contribution >= 0.6 is 46.4 Å². The van der Waals surface area contributed by atoms with Gasteiger partial charge in [0.15, 0.2) is 0 Å². The highest BCUT2D eigenvalue weighted by atomic mass is 35.5. The number of nitro benzene ring substituents is 1. The lowest BCUT2D eigenvalue weighted by Crippen LogP contribution is -1.90. The first-order valence-electron chi connectivity index (χ1n) is 4.99. The number of nitro groups is 1. The van der Waals surface area contributed by atoms with Crippen molar-refractivity contribution in [2.45, 2.75) is 0 Å². The van der Waals surface area contributed by atoms with Gasteiger partial charge in [0.05, 0.1) is 15.0 Å². The molecule has 0 spiro atoms. The third-order valence-electron chi connectivity index (χ3n) is 2.44. The molecular weight excluding hydrogens is 332 g/mol. The molecule has 0 heterocycles. The van der Waals surface area contributed by atoms with Crippen LogP contribution in [0.25, 0.3) is 11.1 Å². The Bertz CT molecular complexity index is 650. The molecule has 19 heavy (non-hydrogen) atoms. The summed E-state index contributed by atoms with van der Waals surface area (Å²) in [5.74, 6) is 0. The second kappa shape index (κ2) is 5.55. The van der Waals surface area contributed by atoms with Gasteiger partial charge in [-0.05, 0) is 18.2 Å². The van der Waals surface area contributed by atoms with Crippen molar-refractivity contribution in [3.05, 3.63) is 60.5 Å². The summed E-state index contributed by atoms with van der Waals surface area (Å²) in [4.78, 5) is 10.3. The van der Waals surface area contributed by atoms with Crippen molar-refractivity contribution in [3.8, 4) is 11.1 Å². The highest BCUT2D eigenvalue weighted by molar-refractivity contribution is 6.43. The Morgan fingerprint density at radius 1 is 0.895 bits per heavy atom. The molecule has 2 aromatic carbocycles. The molecule has 0 amide bonds. The summed E-state index contributed by atoms with van der Waals surface area (Å²) in [6.45, 7) is 0. The maximum Gasteiger partial charge on any atom is 0.270 e. The van der Waals surface area contributed by atoms with Crippen LogP contribution in [0, 0.1) is 10.1 Å². The Hall–Kier alpha value is -1.000. The Kier molecular flexibility index (Phi) is 4.21. The van der Waals surface area contributed by atoms with Crippen molar-refractivity contribution < 1.29 is 4.92 Å². The first-order valence-corrected chi connectivity index (χ1v) is 6.50. The van der Waals surface area contributed by atoms with Gasteiger partial charge in [0.2, 0.25) is 0 Å². The van der Waals surface area contributed by atoms with Gasteiger partial charge in [-0.2, -0.15) is 0 Å². The van der Waals surface area contributed by atoms with E-state index in [9.17, 15) is 10.1 Å². The van der Waals surface area contributed by atoms with Gasteiger partial charge in [-0.1, -0.05) is 46.4 Å². The fraction of sp³-hybridized carbons (Fsp3) is 0. The predicted molar refractivity (Wildman–Crippen MR) is 78.6 cm³/mol. The summed E-state index contributed by atoms with van der Waals surface area (Å²) in [6, 6.07) is 7.06. The third-order valence-corrected chi connectivity index (χ3v) is 3.58. The number of benzene rings is 2. The first-order chi connectivity index (χ1) is 8.90. The fourth-order valence-electron chi connectivity index (χ4n) is 1.62. The van der Waals surface area contributed by atoms with Gasteiger partial charge < -0.3 is 0 Å². The molecule has 0 fully saturated rings. The van der Waals surface area contributed by atoms with Crippen LogP contribution in [0.5, 0.6) is 0 Å². The summed E-state index contributed by atoms with van der Waals surface area (Å²) in [5.41, 5.74) is 0.713. The van der Waals surface area contributed by atoms with E-state index in [1.165, 1.54) is 30.3 Å². The number of hydrogen-bond donors (Lipinski definition) is 0. The number of hydrogen-bond acceptors (Lipinski definition) is 2. The van der Waals surface area contributed by atoms with E-state index in [1.807, 2.05) is 0 Å². The van der Waals surface area contributed by atoms with Crippen LogP contribution in [0.3, 0.4) is 0 Å². The van der Waals surface area contributed by atoms with E-state index < -0.39 is 4.92 Å². The Balaban J connectivity index is 2.71. The fourth-order valence-corrected chi connectivity index (χ4v) is 2.85. The lowest BCUT2D eigenvalue weighted by Gasteiger charge is -2.09. The van der Waals surface area contributed by atoms with Crippen LogP contribution in [0.2, 0.25) is 20.1 Å². The van der Waals surface area contributed by atoms with Crippen LogP contribution < -0.4 is 0 Å². The monoisotopic (exact) mass is 335 g/mol. The molecular formula is C12H5Cl4NO2. The average molecular weight is 337 g/mol. The van der Waals surface area contributed by atoms with Crippen molar-refractivity contribution in [1.82, 2.24) is 0 Å². The average Bonchev–Trinajstić information content (AvgIpc) is 2.29. The van der Waals surface area contributed by atoms with Gasteiger partial charge in [0, 0.05) is 33.3 Å². The lowest BCUT2D eigenvalue weighted by atomic mass is 10.0. The molecule has 0 aliphatic rings. The summed E-state index contributed by atoms with van der Waals surface area (Å²) >= 11 is 24.0. The smallest absolute Gasteiger partial charge is 0.258 e. The molecule has 2 rings (SSSR count). The number of nitrogens with zero attached hydrogens (tertiary/aromatic N) is 1. The second-order valence-electron chi connectivity index (χ2n) is 3.67. The maximum absolute atomic E-state index is 10.8. The number of rotatable bonds is 2. The zero-order chi connectivity index (χ0) is 14.2. The minimum Gasteiger partial charge on any atom is -0.258 e. The van der Waals surface area contributed by atoms with Gasteiger partial charge in [-0.3, -0.25) is 10.1 Å². The van der Waals surface area contributed by atoms with E-state index in [0.717, 1.165) is 0 Å². The molecule has 0 aliphatic carbocycles. The maximum atomic E-state index is 10.8. The molecule has 98 valence electrons. The zero-order valence-electron chi connectivity index (χ0n) is 9.16. The molecule has 0 N–H and O–H groups in total. The second-order valence-corrected chi connectivity index (χ2v) is 5.32. The summed E-state index contributed by atoms with van der Waals surface area (Å²) in [7, 11) is 0. The van der Waals surface area contributed by atoms with Gasteiger partial charge in [0.1, 0.15) is 0 Å². The molecule has 0 unspecified atom stereocenters. The molecule has 2 aromatic rings. The molecule has 0 radical (unpaired) electrons.